The predicted molar refractivity (Wildman–Crippen MR) is 76.5 cm³/mol. The molecule has 8 heteroatoms. The first-order valence-electron chi connectivity index (χ1n) is 6.49. The third-order valence-electron chi connectivity index (χ3n) is 2.38. The number of carbonyl (C=O) groups is 4. The van der Waals surface area contributed by atoms with E-state index in [2.05, 4.69) is 0 Å². The first kappa shape index (κ1) is 21.7. The molecule has 0 saturated heterocycles. The van der Waals surface area contributed by atoms with Gasteiger partial charge in [0.05, 0.1) is 0 Å². The van der Waals surface area contributed by atoms with Gasteiger partial charge < -0.3 is 20.4 Å². The molecule has 0 radical (unpaired) electrons. The van der Waals surface area contributed by atoms with Crippen LogP contribution >= 0.6 is 0 Å². The Kier molecular flexibility index (Phi) is 11.9. The molecule has 0 aliphatic heterocycles. The molecule has 0 aromatic heterocycles. The second-order valence-corrected chi connectivity index (χ2v) is 4.03. The van der Waals surface area contributed by atoms with Gasteiger partial charge in [-0.2, -0.15) is 0 Å². The lowest BCUT2D eigenvalue weighted by atomic mass is 10.0. The van der Waals surface area contributed by atoms with E-state index >= 15 is 0 Å². The SMILES string of the molecule is CCCC/C(C(=O)O)=C(/CC)C(=O)O.O=C(O)/C=C/C(=O)O. The van der Waals surface area contributed by atoms with E-state index < -0.39 is 23.9 Å². The molecule has 0 fully saturated rings. The van der Waals surface area contributed by atoms with Crippen LogP contribution in [0.15, 0.2) is 23.3 Å². The van der Waals surface area contributed by atoms with Crippen molar-refractivity contribution in [1.29, 1.82) is 0 Å². The zero-order chi connectivity index (χ0) is 17.7. The van der Waals surface area contributed by atoms with Crippen LogP contribution in [0.2, 0.25) is 0 Å². The summed E-state index contributed by atoms with van der Waals surface area (Å²) in [6.45, 7) is 3.59. The highest BCUT2D eigenvalue weighted by Crippen LogP contribution is 2.16. The fraction of sp³-hybridized carbons (Fsp3) is 0.429. The molecule has 0 spiro atoms. The van der Waals surface area contributed by atoms with E-state index in [9.17, 15) is 19.2 Å². The van der Waals surface area contributed by atoms with Gasteiger partial charge in [0, 0.05) is 23.3 Å². The lowest BCUT2D eigenvalue weighted by Crippen LogP contribution is -2.11. The molecular formula is C14H20O8. The second-order valence-electron chi connectivity index (χ2n) is 4.03. The maximum Gasteiger partial charge on any atom is 0.332 e. The average molecular weight is 316 g/mol. The predicted octanol–water partition coefficient (Wildman–Crippen LogP) is 1.76. The zero-order valence-electron chi connectivity index (χ0n) is 12.4. The van der Waals surface area contributed by atoms with Crippen LogP contribution in [0.5, 0.6) is 0 Å². The van der Waals surface area contributed by atoms with Gasteiger partial charge in [0.1, 0.15) is 0 Å². The largest absolute Gasteiger partial charge is 0.478 e. The molecule has 4 N–H and O–H groups in total. The quantitative estimate of drug-likeness (QED) is 0.495. The van der Waals surface area contributed by atoms with Crippen molar-refractivity contribution in [3.63, 3.8) is 0 Å². The van der Waals surface area contributed by atoms with Crippen LogP contribution < -0.4 is 0 Å². The Balaban J connectivity index is 0. The normalized spacial score (nSPS) is 11.2. The molecule has 124 valence electrons. The number of carboxylic acids is 4. The van der Waals surface area contributed by atoms with Crippen LogP contribution in [-0.4, -0.2) is 44.3 Å². The maximum absolute atomic E-state index is 10.8. The number of hydrogen-bond acceptors (Lipinski definition) is 4. The van der Waals surface area contributed by atoms with Crippen molar-refractivity contribution >= 4 is 23.9 Å². The lowest BCUT2D eigenvalue weighted by Gasteiger charge is -2.05. The minimum Gasteiger partial charge on any atom is -0.478 e. The molecule has 0 rings (SSSR count). The van der Waals surface area contributed by atoms with Gasteiger partial charge in [-0.3, -0.25) is 0 Å². The van der Waals surface area contributed by atoms with Crippen molar-refractivity contribution in [3.05, 3.63) is 23.3 Å². The van der Waals surface area contributed by atoms with Crippen molar-refractivity contribution < 1.29 is 39.6 Å². The van der Waals surface area contributed by atoms with E-state index in [-0.39, 0.29) is 17.6 Å². The van der Waals surface area contributed by atoms with Gasteiger partial charge >= 0.3 is 23.9 Å². The fourth-order valence-electron chi connectivity index (χ4n) is 1.38. The van der Waals surface area contributed by atoms with Gasteiger partial charge in [-0.25, -0.2) is 19.2 Å². The van der Waals surface area contributed by atoms with Crippen LogP contribution in [-0.2, 0) is 19.2 Å². The molecule has 0 aromatic carbocycles. The van der Waals surface area contributed by atoms with Gasteiger partial charge in [-0.15, -0.1) is 0 Å². The summed E-state index contributed by atoms with van der Waals surface area (Å²) in [7, 11) is 0. The molecular weight excluding hydrogens is 296 g/mol. The molecule has 0 aromatic rings. The van der Waals surface area contributed by atoms with Gasteiger partial charge in [0.25, 0.3) is 0 Å². The molecule has 22 heavy (non-hydrogen) atoms. The summed E-state index contributed by atoms with van der Waals surface area (Å²) in [5, 5.41) is 33.2. The number of rotatable bonds is 8. The highest BCUT2D eigenvalue weighted by atomic mass is 16.4. The Labute approximate surface area is 127 Å². The number of aliphatic carboxylic acids is 4. The minimum absolute atomic E-state index is 0.0194. The third-order valence-corrected chi connectivity index (χ3v) is 2.38. The van der Waals surface area contributed by atoms with E-state index in [1.54, 1.807) is 6.92 Å². The average Bonchev–Trinajstić information content (AvgIpc) is 2.41. The van der Waals surface area contributed by atoms with Crippen LogP contribution in [0.3, 0.4) is 0 Å². The van der Waals surface area contributed by atoms with Crippen molar-refractivity contribution in [2.45, 2.75) is 39.5 Å². The summed E-state index contributed by atoms with van der Waals surface area (Å²) in [5.74, 6) is -4.75. The molecule has 0 heterocycles. The zero-order valence-corrected chi connectivity index (χ0v) is 12.4. The van der Waals surface area contributed by atoms with E-state index in [1.165, 1.54) is 0 Å². The minimum atomic E-state index is -1.26. The van der Waals surface area contributed by atoms with Gasteiger partial charge in [-0.1, -0.05) is 20.3 Å². The highest BCUT2D eigenvalue weighted by Gasteiger charge is 2.17. The van der Waals surface area contributed by atoms with Crippen molar-refractivity contribution in [1.82, 2.24) is 0 Å². The highest BCUT2D eigenvalue weighted by molar-refractivity contribution is 5.98. The monoisotopic (exact) mass is 316 g/mol. The van der Waals surface area contributed by atoms with Crippen LogP contribution in [0.4, 0.5) is 0 Å². The second kappa shape index (κ2) is 12.1. The standard InChI is InChI=1S/C10H16O4.C4H4O4/c1-3-5-6-8(10(13)14)7(4-2)9(11)12;5-3(6)1-2-4(7)8/h3-6H2,1-2H3,(H,11,12)(H,13,14);1-2H,(H,5,6)(H,7,8)/b8-7+;2-1+. The number of carboxylic acid groups (broad SMARTS) is 4. The molecule has 0 unspecified atom stereocenters. The Hall–Kier alpha value is -2.64. The van der Waals surface area contributed by atoms with E-state index in [0.717, 1.165) is 6.42 Å². The maximum atomic E-state index is 10.8. The summed E-state index contributed by atoms with van der Waals surface area (Å²) < 4.78 is 0. The molecule has 8 nitrogen and oxygen atoms in total. The fourth-order valence-corrected chi connectivity index (χ4v) is 1.38. The lowest BCUT2D eigenvalue weighted by molar-refractivity contribution is -0.136. The smallest absolute Gasteiger partial charge is 0.332 e. The number of hydrogen-bond donors (Lipinski definition) is 4. The van der Waals surface area contributed by atoms with E-state index in [0.29, 0.717) is 25.0 Å². The van der Waals surface area contributed by atoms with E-state index in [1.807, 2.05) is 6.92 Å². The van der Waals surface area contributed by atoms with Crippen molar-refractivity contribution in [3.8, 4) is 0 Å². The Morgan fingerprint density at radius 1 is 0.773 bits per heavy atom. The summed E-state index contributed by atoms with van der Waals surface area (Å²) in [6.07, 6.45) is 3.26. The van der Waals surface area contributed by atoms with E-state index in [4.69, 9.17) is 20.4 Å². The first-order valence-corrected chi connectivity index (χ1v) is 6.49. The molecule has 0 amide bonds. The van der Waals surface area contributed by atoms with Crippen LogP contribution in [0, 0.1) is 0 Å². The third kappa shape index (κ3) is 11.2. The molecule has 0 atom stereocenters. The van der Waals surface area contributed by atoms with Crippen LogP contribution in [0.25, 0.3) is 0 Å². The summed E-state index contributed by atoms with van der Waals surface area (Å²) >= 11 is 0. The van der Waals surface area contributed by atoms with Crippen LogP contribution in [0.1, 0.15) is 39.5 Å². The van der Waals surface area contributed by atoms with Gasteiger partial charge in [0.2, 0.25) is 0 Å². The number of unbranched alkanes of at least 4 members (excludes halogenated alkanes) is 1. The Morgan fingerprint density at radius 2 is 1.18 bits per heavy atom. The molecule has 0 aliphatic carbocycles. The summed E-state index contributed by atoms with van der Waals surface area (Å²) in [6, 6.07) is 0. The Bertz CT molecular complexity index is 457. The topological polar surface area (TPSA) is 149 Å². The van der Waals surface area contributed by atoms with Gasteiger partial charge in [0.15, 0.2) is 0 Å². The molecule has 0 saturated carbocycles. The molecule has 0 aliphatic rings. The Morgan fingerprint density at radius 3 is 1.41 bits per heavy atom. The first-order chi connectivity index (χ1) is 10.2. The summed E-state index contributed by atoms with van der Waals surface area (Å²) in [4.78, 5) is 40.6. The van der Waals surface area contributed by atoms with Gasteiger partial charge in [-0.05, 0) is 19.3 Å². The van der Waals surface area contributed by atoms with Crippen molar-refractivity contribution in [2.24, 2.45) is 0 Å². The van der Waals surface area contributed by atoms with Crippen molar-refractivity contribution in [2.75, 3.05) is 0 Å². The summed E-state index contributed by atoms with van der Waals surface area (Å²) in [5.41, 5.74) is 0.0628. The molecule has 0 bridgehead atoms.